The Morgan fingerprint density at radius 1 is 1.11 bits per heavy atom. The summed E-state index contributed by atoms with van der Waals surface area (Å²) in [5, 5.41) is 23.8. The van der Waals surface area contributed by atoms with E-state index >= 15 is 0 Å². The number of carbonyl (C=O) groups is 3. The Kier molecular flexibility index (Phi) is 11.0. The van der Waals surface area contributed by atoms with Gasteiger partial charge in [-0.15, -0.1) is 31.5 Å². The number of aromatic hydroxyl groups is 1. The summed E-state index contributed by atoms with van der Waals surface area (Å²) in [5.41, 5.74) is 1.59. The Bertz CT molecular complexity index is 1570. The molecule has 1 fully saturated rings. The molecule has 3 amide bonds. The molecule has 46 heavy (non-hydrogen) atoms. The molecule has 0 bridgehead atoms. The third kappa shape index (κ3) is 8.40. The fraction of sp³-hybridized carbons (Fsp3) is 0.303. The number of thioether (sulfide) groups is 1. The van der Waals surface area contributed by atoms with Gasteiger partial charge in [-0.3, -0.25) is 14.4 Å². The molecular formula is C33H34F3N3O6S. The summed E-state index contributed by atoms with van der Waals surface area (Å²) in [5.74, 6) is -2.52. The van der Waals surface area contributed by atoms with Gasteiger partial charge >= 0.3 is 6.36 Å². The third-order valence-electron chi connectivity index (χ3n) is 7.56. The molecule has 0 aromatic heterocycles. The van der Waals surface area contributed by atoms with E-state index in [-0.39, 0.29) is 30.2 Å². The molecule has 9 nitrogen and oxygen atoms in total. The van der Waals surface area contributed by atoms with Crippen molar-refractivity contribution in [3.63, 3.8) is 0 Å². The minimum absolute atomic E-state index is 0.0229. The topological polar surface area (TPSA) is 119 Å². The van der Waals surface area contributed by atoms with Gasteiger partial charge in [-0.1, -0.05) is 54.6 Å². The van der Waals surface area contributed by atoms with Gasteiger partial charge < -0.3 is 30.1 Å². The maximum atomic E-state index is 13.9. The quantitative estimate of drug-likeness (QED) is 0.269. The van der Waals surface area contributed by atoms with Crippen LogP contribution in [0.1, 0.15) is 34.0 Å². The molecule has 4 atom stereocenters. The van der Waals surface area contributed by atoms with Crippen LogP contribution in [0.5, 0.6) is 11.5 Å². The second-order valence-corrected chi connectivity index (χ2v) is 12.0. The highest BCUT2D eigenvalue weighted by Gasteiger charge is 2.41. The maximum absolute atomic E-state index is 13.9. The summed E-state index contributed by atoms with van der Waals surface area (Å²) in [7, 11) is 0. The van der Waals surface area contributed by atoms with Crippen molar-refractivity contribution in [3.05, 3.63) is 108 Å². The Labute approximate surface area is 268 Å². The van der Waals surface area contributed by atoms with E-state index in [0.29, 0.717) is 11.1 Å². The summed E-state index contributed by atoms with van der Waals surface area (Å²) in [6.45, 7) is 6.95. The SMILES string of the molecule is C=C[C@H]1C(=O)N(Cc2cccc(OC(F)(F)F)c2)C(C)SCN1C(=O)[C@@H](O)[C@H](Cc1ccccc1)NC(=O)c1cccc(O)c1C. The molecule has 1 unspecified atom stereocenters. The van der Waals surface area contributed by atoms with Gasteiger partial charge in [0.05, 0.1) is 17.3 Å². The lowest BCUT2D eigenvalue weighted by atomic mass is 9.98. The van der Waals surface area contributed by atoms with Crippen molar-refractivity contribution in [1.82, 2.24) is 15.1 Å². The van der Waals surface area contributed by atoms with Gasteiger partial charge in [0, 0.05) is 17.7 Å². The molecule has 0 radical (unpaired) electrons. The predicted octanol–water partition coefficient (Wildman–Crippen LogP) is 4.76. The van der Waals surface area contributed by atoms with Crippen molar-refractivity contribution < 1.29 is 42.5 Å². The van der Waals surface area contributed by atoms with Crippen molar-refractivity contribution in [2.45, 2.75) is 56.7 Å². The largest absolute Gasteiger partial charge is 0.573 e. The molecule has 13 heteroatoms. The molecule has 4 rings (SSSR count). The van der Waals surface area contributed by atoms with Crippen LogP contribution in [0.3, 0.4) is 0 Å². The van der Waals surface area contributed by atoms with Gasteiger partial charge in [0.2, 0.25) is 0 Å². The predicted molar refractivity (Wildman–Crippen MR) is 167 cm³/mol. The average molecular weight is 658 g/mol. The summed E-state index contributed by atoms with van der Waals surface area (Å²) < 4.78 is 42.3. The Morgan fingerprint density at radius 3 is 2.46 bits per heavy atom. The first kappa shape index (κ1) is 34.4. The molecule has 3 N–H and O–H groups in total. The zero-order valence-electron chi connectivity index (χ0n) is 25.1. The maximum Gasteiger partial charge on any atom is 0.573 e. The van der Waals surface area contributed by atoms with E-state index < -0.39 is 53.4 Å². The average Bonchev–Trinajstić information content (AvgIpc) is 3.12. The van der Waals surface area contributed by atoms with Crippen LogP contribution < -0.4 is 10.1 Å². The summed E-state index contributed by atoms with van der Waals surface area (Å²) in [4.78, 5) is 43.6. The lowest BCUT2D eigenvalue weighted by molar-refractivity contribution is -0.274. The van der Waals surface area contributed by atoms with Crippen LogP contribution in [-0.2, 0) is 22.6 Å². The monoisotopic (exact) mass is 657 g/mol. The number of hydrogen-bond donors (Lipinski definition) is 3. The van der Waals surface area contributed by atoms with E-state index in [9.17, 15) is 37.8 Å². The number of carbonyl (C=O) groups excluding carboxylic acids is 3. The highest BCUT2D eigenvalue weighted by molar-refractivity contribution is 7.99. The lowest BCUT2D eigenvalue weighted by Crippen LogP contribution is -2.56. The molecule has 0 spiro atoms. The third-order valence-corrected chi connectivity index (χ3v) is 8.72. The number of aliphatic hydroxyl groups excluding tert-OH is 1. The Balaban J connectivity index is 1.58. The van der Waals surface area contributed by atoms with Gasteiger partial charge in [0.15, 0.2) is 6.10 Å². The smallest absolute Gasteiger partial charge is 0.508 e. The van der Waals surface area contributed by atoms with E-state index in [4.69, 9.17) is 0 Å². The molecule has 3 aromatic carbocycles. The minimum atomic E-state index is -4.88. The molecule has 3 aromatic rings. The molecule has 0 aliphatic carbocycles. The highest BCUT2D eigenvalue weighted by Crippen LogP contribution is 2.30. The number of hydrogen-bond acceptors (Lipinski definition) is 7. The van der Waals surface area contributed by atoms with Crippen molar-refractivity contribution >= 4 is 29.5 Å². The normalized spacial score (nSPS) is 18.3. The fourth-order valence-electron chi connectivity index (χ4n) is 5.08. The van der Waals surface area contributed by atoms with Gasteiger partial charge in [0.1, 0.15) is 17.5 Å². The molecule has 1 aliphatic rings. The van der Waals surface area contributed by atoms with E-state index in [2.05, 4.69) is 16.6 Å². The number of nitrogens with zero attached hydrogens (tertiary/aromatic N) is 2. The van der Waals surface area contributed by atoms with Gasteiger partial charge in [0.25, 0.3) is 17.7 Å². The zero-order valence-corrected chi connectivity index (χ0v) is 25.9. The molecule has 1 saturated heterocycles. The van der Waals surface area contributed by atoms with Crippen LogP contribution in [0.25, 0.3) is 0 Å². The van der Waals surface area contributed by atoms with Crippen molar-refractivity contribution in [2.75, 3.05) is 5.88 Å². The van der Waals surface area contributed by atoms with Gasteiger partial charge in [-0.25, -0.2) is 0 Å². The van der Waals surface area contributed by atoms with Crippen molar-refractivity contribution in [3.8, 4) is 11.5 Å². The first-order valence-electron chi connectivity index (χ1n) is 14.3. The van der Waals surface area contributed by atoms with E-state index in [1.54, 1.807) is 50.2 Å². The first-order valence-corrected chi connectivity index (χ1v) is 15.3. The van der Waals surface area contributed by atoms with Crippen LogP contribution in [0.2, 0.25) is 0 Å². The zero-order chi connectivity index (χ0) is 33.6. The summed E-state index contributed by atoms with van der Waals surface area (Å²) >= 11 is 1.21. The molecule has 1 aliphatic heterocycles. The number of phenolic OH excluding ortho intramolecular Hbond substituents is 1. The highest BCUT2D eigenvalue weighted by atomic mass is 32.2. The number of alkyl halides is 3. The van der Waals surface area contributed by atoms with Crippen LogP contribution in [0, 0.1) is 6.92 Å². The van der Waals surface area contributed by atoms with Crippen LogP contribution in [-0.4, -0.2) is 73.5 Å². The lowest BCUT2D eigenvalue weighted by Gasteiger charge is -2.32. The van der Waals surface area contributed by atoms with Gasteiger partial charge in [-0.2, -0.15) is 0 Å². The number of rotatable bonds is 10. The standard InChI is InChI=1S/C33H34F3N3O6S/c1-4-27-31(43)38(18-23-12-8-13-24(16-23)45-33(34,35)36)21(3)46-19-39(27)32(44)29(41)26(17-22-10-6-5-7-11-22)37-30(42)25-14-9-15-28(40)20(25)2/h4-16,21,26-27,29,40-41H,1,17-19H2,2-3H3,(H,37,42)/t21?,26-,27-,29-/m0/s1. The second-order valence-electron chi connectivity index (χ2n) is 10.7. The molecule has 1 heterocycles. The van der Waals surface area contributed by atoms with Crippen LogP contribution in [0.4, 0.5) is 13.2 Å². The molecular weight excluding hydrogens is 623 g/mol. The number of amides is 3. The number of halogens is 3. The van der Waals surface area contributed by atoms with Crippen LogP contribution >= 0.6 is 11.8 Å². The van der Waals surface area contributed by atoms with E-state index in [1.165, 1.54) is 58.0 Å². The number of phenols is 1. The molecule has 0 saturated carbocycles. The number of nitrogens with one attached hydrogen (secondary N) is 1. The first-order chi connectivity index (χ1) is 21.8. The van der Waals surface area contributed by atoms with Crippen molar-refractivity contribution in [2.24, 2.45) is 0 Å². The Morgan fingerprint density at radius 2 is 1.78 bits per heavy atom. The fourth-order valence-corrected chi connectivity index (χ4v) is 6.10. The number of benzene rings is 3. The summed E-state index contributed by atoms with van der Waals surface area (Å²) in [6.07, 6.45) is -5.32. The summed E-state index contributed by atoms with van der Waals surface area (Å²) in [6, 6.07) is 16.3. The Hall–Kier alpha value is -4.49. The number of ether oxygens (including phenoxy) is 1. The minimum Gasteiger partial charge on any atom is -0.508 e. The van der Waals surface area contributed by atoms with Gasteiger partial charge in [-0.05, 0) is 55.7 Å². The molecule has 244 valence electrons. The second kappa shape index (κ2) is 14.7. The van der Waals surface area contributed by atoms with Crippen LogP contribution in [0.15, 0.2) is 85.5 Å². The van der Waals surface area contributed by atoms with E-state index in [0.717, 1.165) is 11.6 Å². The van der Waals surface area contributed by atoms with E-state index in [1.807, 2.05) is 0 Å². The van der Waals surface area contributed by atoms with Crippen molar-refractivity contribution in [1.29, 1.82) is 0 Å². The number of aliphatic hydroxyl groups is 1.